The van der Waals surface area contributed by atoms with Crippen LogP contribution in [-0.4, -0.2) is 19.0 Å². The highest BCUT2D eigenvalue weighted by atomic mass is 35.5. The van der Waals surface area contributed by atoms with Gasteiger partial charge in [-0.05, 0) is 37.9 Å². The van der Waals surface area contributed by atoms with E-state index in [4.69, 9.17) is 23.2 Å². The Morgan fingerprint density at radius 1 is 1.44 bits per heavy atom. The second kappa shape index (κ2) is 5.91. The molecule has 1 atom stereocenters. The van der Waals surface area contributed by atoms with Gasteiger partial charge in [0, 0.05) is 6.54 Å². The molecular formula is C13H16Cl2N2O. The molecular weight excluding hydrogens is 271 g/mol. The summed E-state index contributed by atoms with van der Waals surface area (Å²) in [6, 6.07) is 3.58. The maximum absolute atomic E-state index is 12.1. The lowest BCUT2D eigenvalue weighted by atomic mass is 9.99. The Morgan fingerprint density at radius 2 is 2.22 bits per heavy atom. The molecule has 1 heterocycles. The highest BCUT2D eigenvalue weighted by Gasteiger charge is 2.22. The van der Waals surface area contributed by atoms with Crippen LogP contribution in [0.4, 0.5) is 5.69 Å². The van der Waals surface area contributed by atoms with E-state index in [0.717, 1.165) is 24.9 Å². The fourth-order valence-electron chi connectivity index (χ4n) is 2.07. The minimum atomic E-state index is -0.0170. The van der Waals surface area contributed by atoms with Gasteiger partial charge < -0.3 is 10.6 Å². The summed E-state index contributed by atoms with van der Waals surface area (Å²) in [5, 5.41) is 7.05. The molecule has 0 radical (unpaired) electrons. The van der Waals surface area contributed by atoms with Crippen LogP contribution in [0.2, 0.25) is 10.0 Å². The second-order valence-electron chi connectivity index (χ2n) is 4.59. The Labute approximate surface area is 117 Å². The molecule has 1 amide bonds. The van der Waals surface area contributed by atoms with Gasteiger partial charge in [-0.3, -0.25) is 4.79 Å². The standard InChI is InChI=1S/C13H16Cl2N2O/c1-8-4-5-10(14)12(11(8)15)17-13(18)9-3-2-6-16-7-9/h4-5,9,16H,2-3,6-7H2,1H3,(H,17,18). The molecule has 2 N–H and O–H groups in total. The maximum Gasteiger partial charge on any atom is 0.228 e. The predicted octanol–water partition coefficient (Wildman–Crippen LogP) is 3.24. The highest BCUT2D eigenvalue weighted by Crippen LogP contribution is 2.33. The van der Waals surface area contributed by atoms with Crippen LogP contribution < -0.4 is 10.6 Å². The number of anilines is 1. The molecule has 2 rings (SSSR count). The average Bonchev–Trinajstić information content (AvgIpc) is 2.40. The predicted molar refractivity (Wildman–Crippen MR) is 75.4 cm³/mol. The van der Waals surface area contributed by atoms with Gasteiger partial charge >= 0.3 is 0 Å². The number of rotatable bonds is 2. The third-order valence-electron chi connectivity index (χ3n) is 3.20. The van der Waals surface area contributed by atoms with Crippen LogP contribution >= 0.6 is 23.2 Å². The van der Waals surface area contributed by atoms with Crippen LogP contribution in [0.3, 0.4) is 0 Å². The topological polar surface area (TPSA) is 41.1 Å². The molecule has 0 aromatic heterocycles. The quantitative estimate of drug-likeness (QED) is 0.876. The van der Waals surface area contributed by atoms with Crippen LogP contribution in [0.5, 0.6) is 0 Å². The highest BCUT2D eigenvalue weighted by molar-refractivity contribution is 6.40. The van der Waals surface area contributed by atoms with Crippen molar-refractivity contribution in [2.24, 2.45) is 5.92 Å². The van der Waals surface area contributed by atoms with Crippen molar-refractivity contribution in [1.82, 2.24) is 5.32 Å². The number of piperidine rings is 1. The number of halogens is 2. The van der Waals surface area contributed by atoms with Crippen molar-refractivity contribution in [2.75, 3.05) is 18.4 Å². The molecule has 1 aromatic rings. The van der Waals surface area contributed by atoms with E-state index in [1.807, 2.05) is 13.0 Å². The number of hydrogen-bond acceptors (Lipinski definition) is 2. The average molecular weight is 287 g/mol. The molecule has 1 unspecified atom stereocenters. The Kier molecular flexibility index (Phi) is 4.49. The minimum Gasteiger partial charge on any atom is -0.323 e. The van der Waals surface area contributed by atoms with Gasteiger partial charge in [0.05, 0.1) is 21.7 Å². The fourth-order valence-corrected chi connectivity index (χ4v) is 2.54. The molecule has 1 fully saturated rings. The number of carbonyl (C=O) groups excluding carboxylic acids is 1. The minimum absolute atomic E-state index is 0.00797. The molecule has 1 aliphatic rings. The SMILES string of the molecule is Cc1ccc(Cl)c(NC(=O)C2CCCNC2)c1Cl. The monoisotopic (exact) mass is 286 g/mol. The van der Waals surface area contributed by atoms with E-state index in [9.17, 15) is 4.79 Å². The zero-order valence-electron chi connectivity index (χ0n) is 10.2. The third kappa shape index (κ3) is 2.97. The van der Waals surface area contributed by atoms with Crippen LogP contribution in [0.15, 0.2) is 12.1 Å². The fraction of sp³-hybridized carbons (Fsp3) is 0.462. The molecule has 5 heteroatoms. The summed E-state index contributed by atoms with van der Waals surface area (Å²) < 4.78 is 0. The third-order valence-corrected chi connectivity index (χ3v) is 4.00. The number of carbonyl (C=O) groups is 1. The van der Waals surface area contributed by atoms with Gasteiger partial charge in [-0.1, -0.05) is 29.3 Å². The Morgan fingerprint density at radius 3 is 2.89 bits per heavy atom. The molecule has 3 nitrogen and oxygen atoms in total. The molecule has 0 bridgehead atoms. The molecule has 0 aliphatic carbocycles. The van der Waals surface area contributed by atoms with Crippen LogP contribution in [0.1, 0.15) is 18.4 Å². The van der Waals surface area contributed by atoms with Crippen molar-refractivity contribution in [2.45, 2.75) is 19.8 Å². The molecule has 0 saturated carbocycles. The van der Waals surface area contributed by atoms with E-state index in [-0.39, 0.29) is 11.8 Å². The number of nitrogens with one attached hydrogen (secondary N) is 2. The van der Waals surface area contributed by atoms with Gasteiger partial charge in [-0.15, -0.1) is 0 Å². The summed E-state index contributed by atoms with van der Waals surface area (Å²) in [6.07, 6.45) is 1.92. The number of amides is 1. The van der Waals surface area contributed by atoms with E-state index >= 15 is 0 Å². The van der Waals surface area contributed by atoms with Gasteiger partial charge in [0.15, 0.2) is 0 Å². The number of benzene rings is 1. The molecule has 18 heavy (non-hydrogen) atoms. The van der Waals surface area contributed by atoms with Gasteiger partial charge in [-0.25, -0.2) is 0 Å². The number of hydrogen-bond donors (Lipinski definition) is 2. The molecule has 1 saturated heterocycles. The van der Waals surface area contributed by atoms with Gasteiger partial charge in [0.2, 0.25) is 5.91 Å². The number of aryl methyl sites for hydroxylation is 1. The first-order valence-electron chi connectivity index (χ1n) is 6.06. The second-order valence-corrected chi connectivity index (χ2v) is 5.37. The summed E-state index contributed by atoms with van der Waals surface area (Å²) >= 11 is 12.2. The van der Waals surface area contributed by atoms with Gasteiger partial charge in [-0.2, -0.15) is 0 Å². The first-order valence-corrected chi connectivity index (χ1v) is 6.81. The van der Waals surface area contributed by atoms with Gasteiger partial charge in [0.1, 0.15) is 0 Å². The lowest BCUT2D eigenvalue weighted by Crippen LogP contribution is -2.37. The summed E-state index contributed by atoms with van der Waals surface area (Å²) in [6.45, 7) is 3.58. The van der Waals surface area contributed by atoms with Crippen LogP contribution in [-0.2, 0) is 4.79 Å². The van der Waals surface area contributed by atoms with Crippen molar-refractivity contribution < 1.29 is 4.79 Å². The maximum atomic E-state index is 12.1. The van der Waals surface area contributed by atoms with E-state index < -0.39 is 0 Å². The molecule has 98 valence electrons. The smallest absolute Gasteiger partial charge is 0.228 e. The van der Waals surface area contributed by atoms with Crippen LogP contribution in [0, 0.1) is 12.8 Å². The normalized spacial score (nSPS) is 19.6. The van der Waals surface area contributed by atoms with E-state index in [0.29, 0.717) is 22.3 Å². The van der Waals surface area contributed by atoms with Crippen molar-refractivity contribution >= 4 is 34.8 Å². The largest absolute Gasteiger partial charge is 0.323 e. The van der Waals surface area contributed by atoms with Crippen molar-refractivity contribution in [3.63, 3.8) is 0 Å². The first-order chi connectivity index (χ1) is 8.59. The Balaban J connectivity index is 2.13. The lowest BCUT2D eigenvalue weighted by Gasteiger charge is -2.22. The summed E-state index contributed by atoms with van der Waals surface area (Å²) in [4.78, 5) is 12.1. The van der Waals surface area contributed by atoms with Crippen molar-refractivity contribution in [3.8, 4) is 0 Å². The lowest BCUT2D eigenvalue weighted by molar-refractivity contribution is -0.120. The summed E-state index contributed by atoms with van der Waals surface area (Å²) in [5.74, 6) is -0.0250. The molecule has 1 aliphatic heterocycles. The Bertz CT molecular complexity index is 457. The Hall–Kier alpha value is -0.770. The van der Waals surface area contributed by atoms with E-state index in [1.165, 1.54) is 0 Å². The molecule has 0 spiro atoms. The zero-order valence-corrected chi connectivity index (χ0v) is 11.7. The summed E-state index contributed by atoms with van der Waals surface area (Å²) in [5.41, 5.74) is 1.42. The zero-order chi connectivity index (χ0) is 13.1. The first kappa shape index (κ1) is 13.7. The van der Waals surface area contributed by atoms with Crippen molar-refractivity contribution in [1.29, 1.82) is 0 Å². The van der Waals surface area contributed by atoms with Crippen LogP contribution in [0.25, 0.3) is 0 Å². The van der Waals surface area contributed by atoms with E-state index in [2.05, 4.69) is 10.6 Å². The van der Waals surface area contributed by atoms with Gasteiger partial charge in [0.25, 0.3) is 0 Å². The van der Waals surface area contributed by atoms with Crippen molar-refractivity contribution in [3.05, 3.63) is 27.7 Å². The summed E-state index contributed by atoms with van der Waals surface area (Å²) in [7, 11) is 0. The molecule has 1 aromatic carbocycles. The van der Waals surface area contributed by atoms with E-state index in [1.54, 1.807) is 6.07 Å².